The molecule has 1 aliphatic heterocycles. The second kappa shape index (κ2) is 7.60. The number of nitrogens with one attached hydrogen (secondary N) is 1. The molecule has 6 heteroatoms. The van der Waals surface area contributed by atoms with Gasteiger partial charge in [-0.3, -0.25) is 14.9 Å². The lowest BCUT2D eigenvalue weighted by atomic mass is 9.49. The smallest absolute Gasteiger partial charge is 0.249 e. The number of aromatic nitrogens is 2. The van der Waals surface area contributed by atoms with Crippen LogP contribution in [0.1, 0.15) is 64.7 Å². The fourth-order valence-electron chi connectivity index (χ4n) is 7.77. The monoisotopic (exact) mass is 434 g/mol. The zero-order chi connectivity index (χ0) is 21.9. The summed E-state index contributed by atoms with van der Waals surface area (Å²) in [6.07, 6.45) is 9.74. The predicted molar refractivity (Wildman–Crippen MR) is 124 cm³/mol. The van der Waals surface area contributed by atoms with E-state index in [1.165, 1.54) is 19.3 Å². The van der Waals surface area contributed by atoms with Crippen molar-refractivity contribution in [2.75, 3.05) is 11.9 Å². The van der Waals surface area contributed by atoms with Gasteiger partial charge < -0.3 is 9.47 Å². The van der Waals surface area contributed by atoms with Crippen LogP contribution in [0, 0.1) is 23.2 Å². The summed E-state index contributed by atoms with van der Waals surface area (Å²) in [4.78, 5) is 34.0. The molecule has 7 rings (SSSR count). The average Bonchev–Trinajstić information content (AvgIpc) is 3.38. The summed E-state index contributed by atoms with van der Waals surface area (Å²) in [6.45, 7) is 3.64. The number of carbonyl (C=O) groups is 2. The number of benzene rings is 1. The Bertz CT molecular complexity index is 1020. The zero-order valence-electron chi connectivity index (χ0n) is 19.1. The van der Waals surface area contributed by atoms with Gasteiger partial charge in [0.1, 0.15) is 6.04 Å². The Labute approximate surface area is 189 Å². The minimum Gasteiger partial charge on any atom is -0.330 e. The van der Waals surface area contributed by atoms with E-state index in [2.05, 4.69) is 16.8 Å². The topological polar surface area (TPSA) is 67.2 Å². The molecule has 1 aromatic carbocycles. The predicted octanol–water partition coefficient (Wildman–Crippen LogP) is 4.59. The van der Waals surface area contributed by atoms with Gasteiger partial charge in [0.25, 0.3) is 0 Å². The Hall–Kier alpha value is -2.37. The van der Waals surface area contributed by atoms with E-state index < -0.39 is 0 Å². The molecule has 4 saturated carbocycles. The second-order valence-electron chi connectivity index (χ2n) is 10.9. The Morgan fingerprint density at radius 1 is 1.09 bits per heavy atom. The van der Waals surface area contributed by atoms with Crippen LogP contribution < -0.4 is 5.32 Å². The maximum atomic E-state index is 13.9. The molecule has 6 nitrogen and oxygen atoms in total. The lowest BCUT2D eigenvalue weighted by Crippen LogP contribution is -2.56. The molecule has 0 spiro atoms. The minimum absolute atomic E-state index is 0.0757. The number of imidazole rings is 1. The van der Waals surface area contributed by atoms with Crippen LogP contribution in [0.25, 0.3) is 11.0 Å². The van der Waals surface area contributed by atoms with E-state index in [9.17, 15) is 9.59 Å². The zero-order valence-corrected chi connectivity index (χ0v) is 19.1. The molecule has 2 heterocycles. The second-order valence-corrected chi connectivity index (χ2v) is 10.9. The maximum Gasteiger partial charge on any atom is 0.249 e. The quantitative estimate of drug-likeness (QED) is 0.748. The summed E-state index contributed by atoms with van der Waals surface area (Å²) in [6, 6.07) is 7.64. The number of para-hydroxylation sites is 2. The Kier molecular flexibility index (Phi) is 4.81. The summed E-state index contributed by atoms with van der Waals surface area (Å²) >= 11 is 0. The van der Waals surface area contributed by atoms with Crippen molar-refractivity contribution < 1.29 is 9.59 Å². The number of likely N-dealkylation sites (tertiary alicyclic amines) is 1. The van der Waals surface area contributed by atoms with Crippen LogP contribution in [0.15, 0.2) is 24.3 Å². The van der Waals surface area contributed by atoms with Crippen molar-refractivity contribution in [1.29, 1.82) is 0 Å². The molecule has 4 aliphatic carbocycles. The Morgan fingerprint density at radius 2 is 1.78 bits per heavy atom. The number of fused-ring (bicyclic) bond motifs is 1. The van der Waals surface area contributed by atoms with Crippen molar-refractivity contribution in [3.8, 4) is 0 Å². The first-order chi connectivity index (χ1) is 15.6. The number of hydrogen-bond donors (Lipinski definition) is 1. The van der Waals surface area contributed by atoms with Crippen molar-refractivity contribution in [3.05, 3.63) is 24.3 Å². The van der Waals surface area contributed by atoms with Gasteiger partial charge in [0.2, 0.25) is 17.8 Å². The summed E-state index contributed by atoms with van der Waals surface area (Å²) in [5.74, 6) is 2.99. The van der Waals surface area contributed by atoms with Gasteiger partial charge in [-0.15, -0.1) is 0 Å². The molecule has 1 aromatic heterocycles. The van der Waals surface area contributed by atoms with Crippen molar-refractivity contribution >= 4 is 28.8 Å². The van der Waals surface area contributed by atoms with Crippen LogP contribution >= 0.6 is 0 Å². The van der Waals surface area contributed by atoms with Crippen LogP contribution in [0.3, 0.4) is 0 Å². The minimum atomic E-state index is -0.370. The molecule has 5 fully saturated rings. The highest BCUT2D eigenvalue weighted by atomic mass is 16.2. The number of carbonyl (C=O) groups excluding carboxylic acids is 2. The summed E-state index contributed by atoms with van der Waals surface area (Å²) < 4.78 is 2.09. The highest BCUT2D eigenvalue weighted by molar-refractivity contribution is 5.98. The van der Waals surface area contributed by atoms with E-state index in [0.29, 0.717) is 12.5 Å². The SMILES string of the molecule is CCCn1c(NC(=O)[C@@H]2CCCN2C(=O)C23CC4CC(CC(C4)C2)C3)nc2ccccc21. The van der Waals surface area contributed by atoms with Crippen molar-refractivity contribution in [3.63, 3.8) is 0 Å². The van der Waals surface area contributed by atoms with Crippen LogP contribution in [-0.2, 0) is 16.1 Å². The molecule has 5 aliphatic rings. The molecule has 0 unspecified atom stereocenters. The van der Waals surface area contributed by atoms with Crippen LogP contribution in [0.5, 0.6) is 0 Å². The molecule has 4 bridgehead atoms. The van der Waals surface area contributed by atoms with E-state index in [1.54, 1.807) is 0 Å². The molecule has 1 atom stereocenters. The Morgan fingerprint density at radius 3 is 2.47 bits per heavy atom. The largest absolute Gasteiger partial charge is 0.330 e. The number of rotatable bonds is 5. The lowest BCUT2D eigenvalue weighted by Gasteiger charge is -2.56. The van der Waals surface area contributed by atoms with Gasteiger partial charge in [0.05, 0.1) is 16.4 Å². The van der Waals surface area contributed by atoms with Crippen LogP contribution in [-0.4, -0.2) is 38.9 Å². The van der Waals surface area contributed by atoms with Gasteiger partial charge >= 0.3 is 0 Å². The van der Waals surface area contributed by atoms with Crippen LogP contribution in [0.4, 0.5) is 5.95 Å². The number of anilines is 1. The maximum absolute atomic E-state index is 13.9. The first kappa shape index (κ1) is 20.3. The normalized spacial score (nSPS) is 33.2. The first-order valence-electron chi connectivity index (χ1n) is 12.6. The number of amides is 2. The van der Waals surface area contributed by atoms with E-state index in [4.69, 9.17) is 4.98 Å². The van der Waals surface area contributed by atoms with Crippen molar-refractivity contribution in [1.82, 2.24) is 14.5 Å². The highest BCUT2D eigenvalue weighted by Gasteiger charge is 2.56. The van der Waals surface area contributed by atoms with Gasteiger partial charge in [0.15, 0.2) is 0 Å². The molecule has 2 aromatic rings. The summed E-state index contributed by atoms with van der Waals surface area (Å²) in [7, 11) is 0. The van der Waals surface area contributed by atoms with Gasteiger partial charge in [-0.05, 0) is 87.7 Å². The number of hydrogen-bond acceptors (Lipinski definition) is 3. The van der Waals surface area contributed by atoms with Gasteiger partial charge in [-0.2, -0.15) is 0 Å². The van der Waals surface area contributed by atoms with Crippen molar-refractivity contribution in [2.24, 2.45) is 23.2 Å². The first-order valence-corrected chi connectivity index (χ1v) is 12.6. The fraction of sp³-hybridized carbons (Fsp3) is 0.654. The number of aryl methyl sites for hydroxylation is 1. The van der Waals surface area contributed by atoms with E-state index >= 15 is 0 Å². The average molecular weight is 435 g/mol. The third-order valence-electron chi connectivity index (χ3n) is 8.64. The Balaban J connectivity index is 1.24. The summed E-state index contributed by atoms with van der Waals surface area (Å²) in [5.41, 5.74) is 1.74. The van der Waals surface area contributed by atoms with E-state index in [1.807, 2.05) is 29.2 Å². The van der Waals surface area contributed by atoms with Gasteiger partial charge in [0, 0.05) is 13.1 Å². The third kappa shape index (κ3) is 3.17. The van der Waals surface area contributed by atoms with E-state index in [0.717, 1.165) is 73.9 Å². The van der Waals surface area contributed by atoms with Crippen molar-refractivity contribution in [2.45, 2.75) is 77.3 Å². The van der Waals surface area contributed by atoms with E-state index in [-0.39, 0.29) is 23.3 Å². The molecule has 170 valence electrons. The molecule has 1 saturated heterocycles. The molecule has 32 heavy (non-hydrogen) atoms. The standard InChI is InChI=1S/C26H34N4O2/c1-2-9-30-21-7-4-3-6-20(21)27-25(30)28-23(31)22-8-5-10-29(22)24(32)26-14-17-11-18(15-26)13-19(12-17)16-26/h3-4,6-7,17-19,22H,2,5,8-16H2,1H3,(H,27,28,31)/t17?,18?,19?,22-,26?/m0/s1. The van der Waals surface area contributed by atoms with Gasteiger partial charge in [-0.1, -0.05) is 19.1 Å². The number of nitrogens with zero attached hydrogens (tertiary/aromatic N) is 3. The van der Waals surface area contributed by atoms with Gasteiger partial charge in [-0.25, -0.2) is 4.98 Å². The molecule has 2 amide bonds. The molecule has 0 radical (unpaired) electrons. The molecular weight excluding hydrogens is 400 g/mol. The summed E-state index contributed by atoms with van der Waals surface area (Å²) in [5, 5.41) is 3.10. The van der Waals surface area contributed by atoms with Crippen LogP contribution in [0.2, 0.25) is 0 Å². The highest BCUT2D eigenvalue weighted by Crippen LogP contribution is 2.60. The molecular formula is C26H34N4O2. The molecule has 1 N–H and O–H groups in total. The fourth-order valence-corrected chi connectivity index (χ4v) is 7.77. The third-order valence-corrected chi connectivity index (χ3v) is 8.64. The lowest BCUT2D eigenvalue weighted by molar-refractivity contribution is -0.160.